The second-order valence-electron chi connectivity index (χ2n) is 2.74. The first-order valence-electron chi connectivity index (χ1n) is 4.02. The largest absolute Gasteiger partial charge is 0.275 e. The zero-order valence-corrected chi connectivity index (χ0v) is 8.75. The first-order valence-corrected chi connectivity index (χ1v) is 4.81. The zero-order valence-electron chi connectivity index (χ0n) is 7.16. The maximum atomic E-state index is 8.72. The summed E-state index contributed by atoms with van der Waals surface area (Å²) >= 11 is 3.33. The Morgan fingerprint density at radius 3 is 2.57 bits per heavy atom. The Labute approximate surface area is 89.5 Å². The van der Waals surface area contributed by atoms with E-state index in [9.17, 15) is 0 Å². The van der Waals surface area contributed by atoms with Crippen LogP contribution in [0.3, 0.4) is 0 Å². The lowest BCUT2D eigenvalue weighted by Gasteiger charge is -1.96. The molecule has 0 amide bonds. The number of H-pyrrole nitrogens is 1. The van der Waals surface area contributed by atoms with Gasteiger partial charge in [0.25, 0.3) is 0 Å². The molecular formula is C10H6BrN3. The number of hydrogen-bond acceptors (Lipinski definition) is 2. The summed E-state index contributed by atoms with van der Waals surface area (Å²) in [5, 5.41) is 15.4. The fourth-order valence-electron chi connectivity index (χ4n) is 1.20. The van der Waals surface area contributed by atoms with Gasteiger partial charge in [0, 0.05) is 5.56 Å². The van der Waals surface area contributed by atoms with E-state index in [1.807, 2.05) is 36.4 Å². The van der Waals surface area contributed by atoms with E-state index in [0.29, 0.717) is 10.2 Å². The van der Waals surface area contributed by atoms with Crippen LogP contribution in [0.15, 0.2) is 34.8 Å². The Kier molecular flexibility index (Phi) is 2.33. The Morgan fingerprint density at radius 1 is 1.29 bits per heavy atom. The van der Waals surface area contributed by atoms with Gasteiger partial charge in [-0.15, -0.1) is 0 Å². The van der Waals surface area contributed by atoms with Crippen LogP contribution in [-0.2, 0) is 0 Å². The van der Waals surface area contributed by atoms with E-state index in [1.54, 1.807) is 0 Å². The number of benzene rings is 1. The van der Waals surface area contributed by atoms with Crippen molar-refractivity contribution in [2.24, 2.45) is 0 Å². The van der Waals surface area contributed by atoms with E-state index in [1.165, 1.54) is 0 Å². The van der Waals surface area contributed by atoms with Gasteiger partial charge in [0.2, 0.25) is 0 Å². The van der Waals surface area contributed by atoms with Crippen molar-refractivity contribution >= 4 is 15.9 Å². The smallest absolute Gasteiger partial charge is 0.177 e. The first-order chi connectivity index (χ1) is 6.83. The molecular weight excluding hydrogens is 242 g/mol. The highest BCUT2D eigenvalue weighted by Crippen LogP contribution is 2.27. The molecule has 0 fully saturated rings. The number of aromatic amines is 1. The standard InChI is InChI=1S/C10H6BrN3/c11-9-8(6-12)13-14-10(9)7-4-2-1-3-5-7/h1-5H,(H,13,14). The maximum absolute atomic E-state index is 8.72. The molecule has 1 N–H and O–H groups in total. The minimum Gasteiger partial charge on any atom is -0.275 e. The summed E-state index contributed by atoms with van der Waals surface area (Å²) in [4.78, 5) is 0. The lowest BCUT2D eigenvalue weighted by Crippen LogP contribution is -1.77. The van der Waals surface area contributed by atoms with Crippen LogP contribution in [0.4, 0.5) is 0 Å². The lowest BCUT2D eigenvalue weighted by atomic mass is 10.1. The monoisotopic (exact) mass is 247 g/mol. The quantitative estimate of drug-likeness (QED) is 0.843. The first kappa shape index (κ1) is 8.97. The summed E-state index contributed by atoms with van der Waals surface area (Å²) in [6.07, 6.45) is 0. The van der Waals surface area contributed by atoms with E-state index < -0.39 is 0 Å². The van der Waals surface area contributed by atoms with E-state index in [4.69, 9.17) is 5.26 Å². The highest BCUT2D eigenvalue weighted by Gasteiger charge is 2.10. The number of halogens is 1. The highest BCUT2D eigenvalue weighted by atomic mass is 79.9. The van der Waals surface area contributed by atoms with Crippen LogP contribution in [0.1, 0.15) is 5.69 Å². The topological polar surface area (TPSA) is 52.5 Å². The van der Waals surface area contributed by atoms with E-state index in [2.05, 4.69) is 26.1 Å². The second-order valence-corrected chi connectivity index (χ2v) is 3.53. The third-order valence-electron chi connectivity index (χ3n) is 1.88. The van der Waals surface area contributed by atoms with Gasteiger partial charge in [-0.3, -0.25) is 5.10 Å². The minimum atomic E-state index is 0.379. The molecule has 2 aromatic rings. The van der Waals surface area contributed by atoms with Gasteiger partial charge in [0.15, 0.2) is 5.69 Å². The molecule has 0 aliphatic heterocycles. The van der Waals surface area contributed by atoms with Crippen LogP contribution in [0.25, 0.3) is 11.3 Å². The van der Waals surface area contributed by atoms with Gasteiger partial charge in [-0.05, 0) is 15.9 Å². The average molecular weight is 248 g/mol. The molecule has 3 nitrogen and oxygen atoms in total. The molecule has 0 saturated heterocycles. The summed E-state index contributed by atoms with van der Waals surface area (Å²) in [5.41, 5.74) is 2.22. The average Bonchev–Trinajstić information content (AvgIpc) is 2.61. The molecule has 4 heteroatoms. The van der Waals surface area contributed by atoms with Crippen LogP contribution in [0, 0.1) is 11.3 Å². The molecule has 68 valence electrons. The third kappa shape index (κ3) is 1.42. The molecule has 2 rings (SSSR count). The predicted molar refractivity (Wildman–Crippen MR) is 56.4 cm³/mol. The van der Waals surface area contributed by atoms with Crippen molar-refractivity contribution in [3.05, 3.63) is 40.5 Å². The summed E-state index contributed by atoms with van der Waals surface area (Å²) in [7, 11) is 0. The van der Waals surface area contributed by atoms with Crippen LogP contribution in [0.2, 0.25) is 0 Å². The van der Waals surface area contributed by atoms with E-state index in [0.717, 1.165) is 11.3 Å². The Morgan fingerprint density at radius 2 is 2.00 bits per heavy atom. The fraction of sp³-hybridized carbons (Fsp3) is 0. The predicted octanol–water partition coefficient (Wildman–Crippen LogP) is 2.71. The minimum absolute atomic E-state index is 0.379. The van der Waals surface area contributed by atoms with Gasteiger partial charge in [-0.2, -0.15) is 10.4 Å². The fourth-order valence-corrected chi connectivity index (χ4v) is 1.69. The van der Waals surface area contributed by atoms with Crippen molar-refractivity contribution in [1.82, 2.24) is 10.2 Å². The van der Waals surface area contributed by atoms with Crippen molar-refractivity contribution in [3.8, 4) is 17.3 Å². The zero-order chi connectivity index (χ0) is 9.97. The summed E-state index contributed by atoms with van der Waals surface area (Å²) in [6, 6.07) is 11.7. The molecule has 0 unspecified atom stereocenters. The van der Waals surface area contributed by atoms with Crippen molar-refractivity contribution < 1.29 is 0 Å². The van der Waals surface area contributed by atoms with Crippen LogP contribution < -0.4 is 0 Å². The molecule has 0 atom stereocenters. The number of nitriles is 1. The van der Waals surface area contributed by atoms with Crippen LogP contribution in [0.5, 0.6) is 0 Å². The van der Waals surface area contributed by atoms with Gasteiger partial charge in [-0.1, -0.05) is 30.3 Å². The molecule has 0 aliphatic rings. The van der Waals surface area contributed by atoms with Crippen molar-refractivity contribution in [2.45, 2.75) is 0 Å². The number of aromatic nitrogens is 2. The summed E-state index contributed by atoms with van der Waals surface area (Å²) in [6.45, 7) is 0. The maximum Gasteiger partial charge on any atom is 0.177 e. The summed E-state index contributed by atoms with van der Waals surface area (Å²) in [5.74, 6) is 0. The number of nitrogens with one attached hydrogen (secondary N) is 1. The van der Waals surface area contributed by atoms with Crippen LogP contribution in [-0.4, -0.2) is 10.2 Å². The lowest BCUT2D eigenvalue weighted by molar-refractivity contribution is 1.08. The third-order valence-corrected chi connectivity index (χ3v) is 2.65. The van der Waals surface area contributed by atoms with Crippen molar-refractivity contribution in [3.63, 3.8) is 0 Å². The molecule has 0 spiro atoms. The van der Waals surface area contributed by atoms with Crippen LogP contribution >= 0.6 is 15.9 Å². The van der Waals surface area contributed by atoms with Gasteiger partial charge in [-0.25, -0.2) is 0 Å². The normalized spacial score (nSPS) is 9.71. The molecule has 0 saturated carbocycles. The Hall–Kier alpha value is -1.60. The molecule has 1 heterocycles. The Bertz CT molecular complexity index is 482. The van der Waals surface area contributed by atoms with Gasteiger partial charge < -0.3 is 0 Å². The SMILES string of the molecule is N#Cc1n[nH]c(-c2ccccc2)c1Br. The molecule has 14 heavy (non-hydrogen) atoms. The molecule has 0 bridgehead atoms. The molecule has 0 radical (unpaired) electrons. The Balaban J connectivity index is 2.54. The van der Waals surface area contributed by atoms with Crippen molar-refractivity contribution in [1.29, 1.82) is 5.26 Å². The number of hydrogen-bond donors (Lipinski definition) is 1. The van der Waals surface area contributed by atoms with E-state index >= 15 is 0 Å². The van der Waals surface area contributed by atoms with Gasteiger partial charge >= 0.3 is 0 Å². The highest BCUT2D eigenvalue weighted by molar-refractivity contribution is 9.10. The van der Waals surface area contributed by atoms with Gasteiger partial charge in [0.1, 0.15) is 6.07 Å². The summed E-state index contributed by atoms with van der Waals surface area (Å²) < 4.78 is 0.714. The second kappa shape index (κ2) is 3.64. The molecule has 0 aliphatic carbocycles. The van der Waals surface area contributed by atoms with Gasteiger partial charge in [0.05, 0.1) is 10.2 Å². The van der Waals surface area contributed by atoms with Crippen molar-refractivity contribution in [2.75, 3.05) is 0 Å². The number of nitrogens with zero attached hydrogens (tertiary/aromatic N) is 2. The molecule has 1 aromatic heterocycles. The van der Waals surface area contributed by atoms with E-state index in [-0.39, 0.29) is 0 Å². The number of rotatable bonds is 1. The molecule has 1 aromatic carbocycles.